The number of hydrogen-bond donors (Lipinski definition) is 9. The molecule has 4 unspecified atom stereocenters. The van der Waals surface area contributed by atoms with E-state index >= 15 is 0 Å². The molecule has 0 aromatic heterocycles. The van der Waals surface area contributed by atoms with E-state index in [-0.39, 0.29) is 49.7 Å². The third-order valence-corrected chi connectivity index (χ3v) is 7.19. The molecule has 44 heavy (non-hydrogen) atoms. The summed E-state index contributed by atoms with van der Waals surface area (Å²) in [7, 11) is 0. The summed E-state index contributed by atoms with van der Waals surface area (Å²) in [5, 5.41) is 36.7. The van der Waals surface area contributed by atoms with E-state index in [1.54, 1.807) is 24.3 Å². The van der Waals surface area contributed by atoms with E-state index in [0.717, 1.165) is 0 Å². The molecule has 3 amide bonds. The van der Waals surface area contributed by atoms with E-state index in [4.69, 9.17) is 17.2 Å². The molecular formula is C29H41N7O7S. The van der Waals surface area contributed by atoms with Gasteiger partial charge in [-0.3, -0.25) is 19.4 Å². The molecule has 0 aliphatic rings. The summed E-state index contributed by atoms with van der Waals surface area (Å²) in [6.45, 7) is 0.275. The van der Waals surface area contributed by atoms with Crippen LogP contribution in [0.25, 0.3) is 0 Å². The Kier molecular flexibility index (Phi) is 14.8. The van der Waals surface area contributed by atoms with Gasteiger partial charge in [0, 0.05) is 19.4 Å². The molecule has 0 radical (unpaired) electrons. The summed E-state index contributed by atoms with van der Waals surface area (Å²) in [5.74, 6) is -2.81. The number of thioether (sulfide) groups is 1. The van der Waals surface area contributed by atoms with Gasteiger partial charge in [-0.2, -0.15) is 11.8 Å². The maximum atomic E-state index is 13.5. The molecule has 0 bridgehead atoms. The molecule has 0 fully saturated rings. The molecule has 0 aliphatic carbocycles. The zero-order chi connectivity index (χ0) is 32.6. The van der Waals surface area contributed by atoms with Gasteiger partial charge < -0.3 is 48.5 Å². The maximum Gasteiger partial charge on any atom is 0.326 e. The van der Waals surface area contributed by atoms with E-state index in [0.29, 0.717) is 23.3 Å². The Morgan fingerprint density at radius 2 is 1.25 bits per heavy atom. The molecule has 15 heteroatoms. The number of carboxylic acids is 1. The lowest BCUT2D eigenvalue weighted by atomic mass is 10.0. The van der Waals surface area contributed by atoms with Gasteiger partial charge in [-0.1, -0.05) is 24.3 Å². The number of aliphatic carboxylic acids is 1. The highest BCUT2D eigenvalue weighted by Gasteiger charge is 2.30. The van der Waals surface area contributed by atoms with Crippen molar-refractivity contribution in [2.24, 2.45) is 22.2 Å². The molecule has 14 nitrogen and oxygen atoms in total. The highest BCUT2D eigenvalue weighted by Crippen LogP contribution is 2.14. The third kappa shape index (κ3) is 12.8. The first kappa shape index (κ1) is 35.7. The molecular weight excluding hydrogens is 590 g/mol. The first-order valence-electron chi connectivity index (χ1n) is 13.9. The average molecular weight is 632 g/mol. The van der Waals surface area contributed by atoms with Crippen LogP contribution in [0.5, 0.6) is 11.5 Å². The second-order valence-corrected chi connectivity index (χ2v) is 11.1. The van der Waals surface area contributed by atoms with Gasteiger partial charge in [0.05, 0.1) is 6.04 Å². The first-order valence-corrected chi connectivity index (χ1v) is 15.3. The topological polar surface area (TPSA) is 255 Å². The van der Waals surface area contributed by atoms with Crippen LogP contribution in [0.15, 0.2) is 53.5 Å². The van der Waals surface area contributed by atoms with Crippen LogP contribution >= 0.6 is 11.8 Å². The Morgan fingerprint density at radius 3 is 1.75 bits per heavy atom. The number of nitrogens with two attached hydrogens (primary N) is 3. The van der Waals surface area contributed by atoms with Crippen LogP contribution in [0.4, 0.5) is 0 Å². The number of phenolic OH excluding ortho intramolecular Hbond substituents is 2. The molecule has 2 rings (SSSR count). The second kappa shape index (κ2) is 18.2. The Morgan fingerprint density at radius 1 is 0.773 bits per heavy atom. The van der Waals surface area contributed by atoms with Crippen molar-refractivity contribution in [2.75, 3.05) is 18.6 Å². The van der Waals surface area contributed by atoms with Crippen LogP contribution < -0.4 is 33.2 Å². The number of carboxylic acid groups (broad SMARTS) is 1. The van der Waals surface area contributed by atoms with Crippen LogP contribution in [-0.4, -0.2) is 87.7 Å². The number of carbonyl (C=O) groups excluding carboxylic acids is 3. The molecule has 4 atom stereocenters. The standard InChI is InChI=1S/C29H41N7O7S/c1-44-14-12-22(26(40)36-24(28(42)43)16-18-6-10-20(38)11-7-18)34-27(41)23(15-17-4-8-19(37)9-5-17)35-25(39)21(30)3-2-13-33-29(31)32/h4-11,21-24,37-38H,2-3,12-16,30H2,1H3,(H,34,41)(H,35,39)(H,36,40)(H,42,43)(H4,31,32,33). The monoisotopic (exact) mass is 631 g/mol. The molecule has 0 spiro atoms. The van der Waals surface area contributed by atoms with Gasteiger partial charge in [-0.25, -0.2) is 4.79 Å². The second-order valence-electron chi connectivity index (χ2n) is 10.1. The van der Waals surface area contributed by atoms with E-state index < -0.39 is 47.9 Å². The van der Waals surface area contributed by atoms with Crippen LogP contribution in [0.2, 0.25) is 0 Å². The van der Waals surface area contributed by atoms with E-state index in [1.165, 1.54) is 36.0 Å². The number of nitrogens with zero attached hydrogens (tertiary/aromatic N) is 1. The van der Waals surface area contributed by atoms with E-state index in [9.17, 15) is 34.5 Å². The Labute approximate surface area is 259 Å². The van der Waals surface area contributed by atoms with Gasteiger partial charge in [-0.15, -0.1) is 0 Å². The molecule has 12 N–H and O–H groups in total. The number of guanidine groups is 1. The minimum atomic E-state index is -1.30. The molecule has 2 aromatic carbocycles. The average Bonchev–Trinajstić information content (AvgIpc) is 2.98. The van der Waals surface area contributed by atoms with E-state index in [1.807, 2.05) is 6.26 Å². The van der Waals surface area contributed by atoms with Crippen molar-refractivity contribution < 1.29 is 34.5 Å². The van der Waals surface area contributed by atoms with Crippen LogP contribution in [-0.2, 0) is 32.0 Å². The van der Waals surface area contributed by atoms with Gasteiger partial charge in [0.25, 0.3) is 0 Å². The third-order valence-electron chi connectivity index (χ3n) is 6.55. The number of amides is 3. The number of aliphatic imine (C=N–C) groups is 1. The molecule has 2 aromatic rings. The Bertz CT molecular complexity index is 1270. The van der Waals surface area contributed by atoms with Crippen molar-refractivity contribution in [1.82, 2.24) is 16.0 Å². The molecule has 0 heterocycles. The number of nitrogens with one attached hydrogen (secondary N) is 3. The Balaban J connectivity index is 2.20. The summed E-state index contributed by atoms with van der Waals surface area (Å²) in [6.07, 6.45) is 2.65. The van der Waals surface area contributed by atoms with Crippen molar-refractivity contribution in [1.29, 1.82) is 0 Å². The largest absolute Gasteiger partial charge is 0.508 e. The lowest BCUT2D eigenvalue weighted by molar-refractivity contribution is -0.142. The highest BCUT2D eigenvalue weighted by molar-refractivity contribution is 7.98. The quantitative estimate of drug-likeness (QED) is 0.0579. The van der Waals surface area contributed by atoms with Gasteiger partial charge in [0.15, 0.2) is 5.96 Å². The maximum absolute atomic E-state index is 13.5. The molecule has 0 saturated carbocycles. The van der Waals surface area contributed by atoms with Crippen LogP contribution in [0, 0.1) is 0 Å². The number of rotatable bonds is 18. The van der Waals surface area contributed by atoms with Crippen molar-refractivity contribution in [3.05, 3.63) is 59.7 Å². The van der Waals surface area contributed by atoms with Gasteiger partial charge in [0.1, 0.15) is 29.6 Å². The minimum absolute atomic E-state index is 0.0188. The van der Waals surface area contributed by atoms with Gasteiger partial charge in [0.2, 0.25) is 17.7 Å². The number of hydrogen-bond acceptors (Lipinski definition) is 9. The van der Waals surface area contributed by atoms with Crippen molar-refractivity contribution >= 4 is 41.4 Å². The SMILES string of the molecule is CSCCC(NC(=O)C(Cc1ccc(O)cc1)NC(=O)C(N)CCCN=C(N)N)C(=O)NC(Cc1ccc(O)cc1)C(=O)O. The summed E-state index contributed by atoms with van der Waals surface area (Å²) in [5.41, 5.74) is 17.9. The molecule has 240 valence electrons. The summed E-state index contributed by atoms with van der Waals surface area (Å²) in [4.78, 5) is 55.6. The number of benzene rings is 2. The molecule has 0 saturated heterocycles. The van der Waals surface area contributed by atoms with Crippen LogP contribution in [0.3, 0.4) is 0 Å². The predicted octanol–water partition coefficient (Wildman–Crippen LogP) is -0.444. The molecule has 0 aliphatic heterocycles. The lowest BCUT2D eigenvalue weighted by Gasteiger charge is -2.25. The summed E-state index contributed by atoms with van der Waals surface area (Å²) >= 11 is 1.44. The zero-order valence-electron chi connectivity index (χ0n) is 24.4. The zero-order valence-corrected chi connectivity index (χ0v) is 25.3. The number of carbonyl (C=O) groups is 4. The van der Waals surface area contributed by atoms with Crippen LogP contribution in [0.1, 0.15) is 30.4 Å². The fourth-order valence-electron chi connectivity index (χ4n) is 4.12. The van der Waals surface area contributed by atoms with Crippen molar-refractivity contribution in [3.8, 4) is 11.5 Å². The fourth-order valence-corrected chi connectivity index (χ4v) is 4.59. The fraction of sp³-hybridized carbons (Fsp3) is 0.414. The lowest BCUT2D eigenvalue weighted by Crippen LogP contribution is -2.58. The van der Waals surface area contributed by atoms with E-state index in [2.05, 4.69) is 20.9 Å². The summed E-state index contributed by atoms with van der Waals surface area (Å²) in [6, 6.07) is 7.47. The number of phenols is 2. The van der Waals surface area contributed by atoms with Gasteiger partial charge in [-0.05, 0) is 66.7 Å². The first-order chi connectivity index (χ1) is 20.9. The summed E-state index contributed by atoms with van der Waals surface area (Å²) < 4.78 is 0. The van der Waals surface area contributed by atoms with Crippen molar-refractivity contribution in [2.45, 2.75) is 56.3 Å². The van der Waals surface area contributed by atoms with Gasteiger partial charge >= 0.3 is 5.97 Å². The predicted molar refractivity (Wildman–Crippen MR) is 168 cm³/mol. The normalized spacial score (nSPS) is 13.5. The number of aromatic hydroxyl groups is 2. The Hall–Kier alpha value is -4.50. The van der Waals surface area contributed by atoms with Crippen molar-refractivity contribution in [3.63, 3.8) is 0 Å². The highest BCUT2D eigenvalue weighted by atomic mass is 32.2. The smallest absolute Gasteiger partial charge is 0.326 e. The minimum Gasteiger partial charge on any atom is -0.508 e.